The van der Waals surface area contributed by atoms with Gasteiger partial charge in [0.1, 0.15) is 6.17 Å². The van der Waals surface area contributed by atoms with E-state index in [2.05, 4.69) is 52.5 Å². The number of rotatable bonds is 5. The van der Waals surface area contributed by atoms with Crippen molar-refractivity contribution in [1.29, 1.82) is 0 Å². The summed E-state index contributed by atoms with van der Waals surface area (Å²) in [6.45, 7) is 12.8. The van der Waals surface area contributed by atoms with Gasteiger partial charge in [-0.15, -0.1) is 6.58 Å². The lowest BCUT2D eigenvalue weighted by Crippen LogP contribution is -2.33. The molecule has 0 amide bonds. The average Bonchev–Trinajstić information content (AvgIpc) is 2.62. The SMILES string of the molecule is C=CC(C)[C@@](C)(C1=CCCC(F)CC1)C(C)/C=C\C. The Morgan fingerprint density at radius 2 is 2.05 bits per heavy atom. The molecule has 0 spiro atoms. The zero-order valence-corrected chi connectivity index (χ0v) is 13.0. The summed E-state index contributed by atoms with van der Waals surface area (Å²) >= 11 is 0. The van der Waals surface area contributed by atoms with E-state index in [1.807, 2.05) is 6.08 Å². The maximum atomic E-state index is 13.6. The van der Waals surface area contributed by atoms with E-state index < -0.39 is 6.17 Å². The van der Waals surface area contributed by atoms with Gasteiger partial charge in [-0.1, -0.05) is 50.6 Å². The molecule has 0 aliphatic heterocycles. The van der Waals surface area contributed by atoms with Crippen LogP contribution in [0.25, 0.3) is 0 Å². The minimum absolute atomic E-state index is 0.0539. The van der Waals surface area contributed by atoms with Crippen LogP contribution < -0.4 is 0 Å². The first-order chi connectivity index (χ1) is 8.96. The van der Waals surface area contributed by atoms with Gasteiger partial charge in [0, 0.05) is 5.41 Å². The average molecular weight is 264 g/mol. The standard InChI is InChI=1S/C18H29F/c1-6-9-15(4)18(5,14(3)7-2)16-10-8-11-17(19)13-12-16/h6-7,9-10,14-15,17H,2,8,11-13H2,1,3-5H3/b9-6-/t14?,15?,17?,18-/m1/s1. The number of alkyl halides is 1. The highest BCUT2D eigenvalue weighted by molar-refractivity contribution is 5.22. The molecule has 0 aromatic heterocycles. The van der Waals surface area contributed by atoms with Gasteiger partial charge in [-0.25, -0.2) is 4.39 Å². The van der Waals surface area contributed by atoms with Gasteiger partial charge in [0.15, 0.2) is 0 Å². The molecule has 1 aliphatic carbocycles. The van der Waals surface area contributed by atoms with Crippen LogP contribution in [0.3, 0.4) is 0 Å². The third kappa shape index (κ3) is 3.58. The van der Waals surface area contributed by atoms with E-state index in [9.17, 15) is 4.39 Å². The summed E-state index contributed by atoms with van der Waals surface area (Å²) in [5, 5.41) is 0. The van der Waals surface area contributed by atoms with Crippen LogP contribution in [0.2, 0.25) is 0 Å². The van der Waals surface area contributed by atoms with E-state index >= 15 is 0 Å². The molecule has 0 saturated carbocycles. The second-order valence-electron chi connectivity index (χ2n) is 6.06. The van der Waals surface area contributed by atoms with Crippen LogP contribution in [0.4, 0.5) is 4.39 Å². The quantitative estimate of drug-likeness (QED) is 0.545. The third-order valence-electron chi connectivity index (χ3n) is 5.02. The third-order valence-corrected chi connectivity index (χ3v) is 5.02. The van der Waals surface area contributed by atoms with Crippen molar-refractivity contribution in [3.63, 3.8) is 0 Å². The Balaban J connectivity index is 3.09. The van der Waals surface area contributed by atoms with Crippen molar-refractivity contribution >= 4 is 0 Å². The fourth-order valence-electron chi connectivity index (χ4n) is 3.22. The lowest BCUT2D eigenvalue weighted by molar-refractivity contribution is 0.219. The van der Waals surface area contributed by atoms with Gasteiger partial charge in [-0.05, 0) is 44.4 Å². The van der Waals surface area contributed by atoms with Crippen molar-refractivity contribution in [3.8, 4) is 0 Å². The fourth-order valence-corrected chi connectivity index (χ4v) is 3.22. The number of halogens is 1. The lowest BCUT2D eigenvalue weighted by Gasteiger charge is -2.41. The molecule has 4 atom stereocenters. The van der Waals surface area contributed by atoms with Crippen LogP contribution in [-0.4, -0.2) is 6.17 Å². The Morgan fingerprint density at radius 3 is 2.63 bits per heavy atom. The highest BCUT2D eigenvalue weighted by Gasteiger charge is 2.37. The summed E-state index contributed by atoms with van der Waals surface area (Å²) in [6.07, 6.45) is 11.2. The van der Waals surface area contributed by atoms with E-state index in [1.165, 1.54) is 5.57 Å². The van der Waals surface area contributed by atoms with Gasteiger partial charge in [-0.3, -0.25) is 0 Å². The summed E-state index contributed by atoms with van der Waals surface area (Å²) in [7, 11) is 0. The first-order valence-corrected chi connectivity index (χ1v) is 7.55. The van der Waals surface area contributed by atoms with Crippen molar-refractivity contribution in [2.24, 2.45) is 17.3 Å². The van der Waals surface area contributed by atoms with E-state index in [0.29, 0.717) is 24.7 Å². The van der Waals surface area contributed by atoms with Crippen LogP contribution >= 0.6 is 0 Å². The Kier molecular flexibility index (Phi) is 6.03. The second-order valence-corrected chi connectivity index (χ2v) is 6.06. The minimum Gasteiger partial charge on any atom is -0.247 e. The van der Waals surface area contributed by atoms with Gasteiger partial charge in [-0.2, -0.15) is 0 Å². The van der Waals surface area contributed by atoms with E-state index in [-0.39, 0.29) is 5.41 Å². The molecule has 0 aromatic rings. The molecule has 0 nitrogen and oxygen atoms in total. The lowest BCUT2D eigenvalue weighted by atomic mass is 9.63. The first kappa shape index (κ1) is 16.2. The molecular weight excluding hydrogens is 235 g/mol. The van der Waals surface area contributed by atoms with Crippen LogP contribution in [0.1, 0.15) is 53.4 Å². The molecule has 0 heterocycles. The molecular formula is C18H29F. The number of hydrogen-bond donors (Lipinski definition) is 0. The molecule has 0 bridgehead atoms. The zero-order chi connectivity index (χ0) is 14.5. The van der Waals surface area contributed by atoms with Gasteiger partial charge < -0.3 is 0 Å². The molecule has 0 fully saturated rings. The first-order valence-electron chi connectivity index (χ1n) is 7.55. The normalized spacial score (nSPS) is 27.2. The van der Waals surface area contributed by atoms with Gasteiger partial charge >= 0.3 is 0 Å². The maximum Gasteiger partial charge on any atom is 0.101 e. The zero-order valence-electron chi connectivity index (χ0n) is 13.0. The molecule has 108 valence electrons. The molecule has 1 aliphatic rings. The molecule has 0 saturated heterocycles. The number of allylic oxidation sites excluding steroid dienone is 5. The molecule has 1 heteroatoms. The Morgan fingerprint density at radius 1 is 1.37 bits per heavy atom. The van der Waals surface area contributed by atoms with Crippen LogP contribution in [0.5, 0.6) is 0 Å². The summed E-state index contributed by atoms with van der Waals surface area (Å²) in [6, 6.07) is 0. The number of hydrogen-bond acceptors (Lipinski definition) is 0. The van der Waals surface area contributed by atoms with Crippen molar-refractivity contribution in [1.82, 2.24) is 0 Å². The van der Waals surface area contributed by atoms with E-state index in [0.717, 1.165) is 12.8 Å². The van der Waals surface area contributed by atoms with Gasteiger partial charge in [0.05, 0.1) is 0 Å². The molecule has 0 N–H and O–H groups in total. The summed E-state index contributed by atoms with van der Waals surface area (Å²) in [5.41, 5.74) is 1.48. The van der Waals surface area contributed by atoms with Crippen molar-refractivity contribution in [2.45, 2.75) is 59.5 Å². The second kappa shape index (κ2) is 7.07. The molecule has 0 radical (unpaired) electrons. The predicted octanol–water partition coefficient (Wildman–Crippen LogP) is 5.87. The van der Waals surface area contributed by atoms with Crippen molar-refractivity contribution < 1.29 is 4.39 Å². The molecule has 0 aromatic carbocycles. The summed E-state index contributed by atoms with van der Waals surface area (Å²) in [5.74, 6) is 0.828. The van der Waals surface area contributed by atoms with Crippen LogP contribution in [0, 0.1) is 17.3 Å². The van der Waals surface area contributed by atoms with Crippen LogP contribution in [0.15, 0.2) is 36.5 Å². The Bertz CT molecular complexity index is 353. The van der Waals surface area contributed by atoms with E-state index in [4.69, 9.17) is 0 Å². The summed E-state index contributed by atoms with van der Waals surface area (Å²) < 4.78 is 13.6. The molecule has 3 unspecified atom stereocenters. The van der Waals surface area contributed by atoms with Gasteiger partial charge in [0.25, 0.3) is 0 Å². The van der Waals surface area contributed by atoms with Gasteiger partial charge in [0.2, 0.25) is 0 Å². The van der Waals surface area contributed by atoms with E-state index in [1.54, 1.807) is 0 Å². The Labute approximate surface area is 118 Å². The predicted molar refractivity (Wildman–Crippen MR) is 82.9 cm³/mol. The van der Waals surface area contributed by atoms with Crippen molar-refractivity contribution in [3.05, 3.63) is 36.5 Å². The van der Waals surface area contributed by atoms with Crippen LogP contribution in [-0.2, 0) is 0 Å². The smallest absolute Gasteiger partial charge is 0.101 e. The topological polar surface area (TPSA) is 0 Å². The fraction of sp³-hybridized carbons (Fsp3) is 0.667. The Hall–Kier alpha value is -0.850. The largest absolute Gasteiger partial charge is 0.247 e. The summed E-state index contributed by atoms with van der Waals surface area (Å²) in [4.78, 5) is 0. The maximum absolute atomic E-state index is 13.6. The minimum atomic E-state index is -0.630. The molecule has 19 heavy (non-hydrogen) atoms. The highest BCUT2D eigenvalue weighted by Crippen LogP contribution is 2.46. The monoisotopic (exact) mass is 264 g/mol. The van der Waals surface area contributed by atoms with Crippen molar-refractivity contribution in [2.75, 3.05) is 0 Å². The molecule has 1 rings (SSSR count). The highest BCUT2D eigenvalue weighted by atomic mass is 19.1.